The van der Waals surface area contributed by atoms with E-state index in [1.54, 1.807) is 0 Å². The molecule has 0 fully saturated rings. The quantitative estimate of drug-likeness (QED) is 0.620. The molecule has 0 atom stereocenters. The summed E-state index contributed by atoms with van der Waals surface area (Å²) in [5, 5.41) is 0. The monoisotopic (exact) mass is 194 g/mol. The number of allylic oxidation sites excluding steroid dienone is 1. The molecule has 1 aliphatic rings. The molecule has 1 aliphatic heterocycles. The molecule has 2 nitrogen and oxygen atoms in total. The van der Waals surface area contributed by atoms with Gasteiger partial charge in [0.1, 0.15) is 0 Å². The molecule has 1 rings (SSSR count). The van der Waals surface area contributed by atoms with Gasteiger partial charge in [-0.2, -0.15) is 0 Å². The lowest BCUT2D eigenvalue weighted by Gasteiger charge is -2.25. The third kappa shape index (κ3) is 3.44. The first-order valence-corrected chi connectivity index (χ1v) is 5.58. The molecule has 0 aliphatic carbocycles. The third-order valence-electron chi connectivity index (χ3n) is 2.62. The van der Waals surface area contributed by atoms with Crippen LogP contribution >= 0.6 is 0 Å². The van der Waals surface area contributed by atoms with Crippen molar-refractivity contribution in [1.29, 1.82) is 0 Å². The van der Waals surface area contributed by atoms with E-state index >= 15 is 0 Å². The highest BCUT2D eigenvalue weighted by atomic mass is 15.2. The fourth-order valence-corrected chi connectivity index (χ4v) is 1.64. The molecule has 0 spiro atoms. The lowest BCUT2D eigenvalue weighted by atomic mass is 10.1. The van der Waals surface area contributed by atoms with Crippen LogP contribution in [0.1, 0.15) is 39.0 Å². The first-order valence-electron chi connectivity index (χ1n) is 5.58. The van der Waals surface area contributed by atoms with Crippen molar-refractivity contribution in [1.82, 2.24) is 9.80 Å². The van der Waals surface area contributed by atoms with E-state index in [2.05, 4.69) is 49.4 Å². The Kier molecular flexibility index (Phi) is 4.57. The van der Waals surface area contributed by atoms with E-state index < -0.39 is 0 Å². The van der Waals surface area contributed by atoms with E-state index in [9.17, 15) is 0 Å². The zero-order chi connectivity index (χ0) is 10.4. The van der Waals surface area contributed by atoms with Crippen LogP contribution in [0.4, 0.5) is 0 Å². The summed E-state index contributed by atoms with van der Waals surface area (Å²) in [5.41, 5.74) is 1.42. The summed E-state index contributed by atoms with van der Waals surface area (Å²) in [7, 11) is 4.20. The van der Waals surface area contributed by atoms with Crippen LogP contribution in [0.25, 0.3) is 0 Å². The van der Waals surface area contributed by atoms with Crippen molar-refractivity contribution in [3.63, 3.8) is 0 Å². The lowest BCUT2D eigenvalue weighted by Crippen LogP contribution is -2.19. The lowest BCUT2D eigenvalue weighted by molar-refractivity contribution is 0.452. The predicted molar refractivity (Wildman–Crippen MR) is 61.5 cm³/mol. The maximum atomic E-state index is 2.25. The van der Waals surface area contributed by atoms with Crippen LogP contribution in [0.2, 0.25) is 0 Å². The maximum absolute atomic E-state index is 2.25. The SMILES string of the molecule is CCCCCCC1=CN(C)C=CN1C. The van der Waals surface area contributed by atoms with Crippen LogP contribution in [-0.2, 0) is 0 Å². The Balaban J connectivity index is 2.28. The smallest absolute Gasteiger partial charge is 0.0335 e. The molecular weight excluding hydrogens is 172 g/mol. The van der Waals surface area contributed by atoms with Gasteiger partial charge in [0, 0.05) is 38.4 Å². The molecule has 0 bridgehead atoms. The second-order valence-corrected chi connectivity index (χ2v) is 4.01. The van der Waals surface area contributed by atoms with E-state index in [1.165, 1.54) is 37.8 Å². The molecular formula is C12H22N2. The first-order chi connectivity index (χ1) is 6.74. The van der Waals surface area contributed by atoms with Crippen LogP contribution in [0, 0.1) is 0 Å². The summed E-state index contributed by atoms with van der Waals surface area (Å²) < 4.78 is 0. The number of hydrogen-bond acceptors (Lipinski definition) is 2. The van der Waals surface area contributed by atoms with Gasteiger partial charge in [-0.05, 0) is 12.8 Å². The largest absolute Gasteiger partial charge is 0.354 e. The summed E-state index contributed by atoms with van der Waals surface area (Å²) in [4.78, 5) is 4.33. The van der Waals surface area contributed by atoms with Gasteiger partial charge in [0.2, 0.25) is 0 Å². The van der Waals surface area contributed by atoms with Gasteiger partial charge >= 0.3 is 0 Å². The van der Waals surface area contributed by atoms with E-state index in [0.29, 0.717) is 0 Å². The van der Waals surface area contributed by atoms with E-state index in [1.807, 2.05) is 0 Å². The van der Waals surface area contributed by atoms with Gasteiger partial charge in [-0.1, -0.05) is 26.2 Å². The Bertz CT molecular complexity index is 218. The minimum absolute atomic E-state index is 1.20. The van der Waals surface area contributed by atoms with Crippen molar-refractivity contribution in [3.05, 3.63) is 24.3 Å². The van der Waals surface area contributed by atoms with Crippen molar-refractivity contribution in [2.45, 2.75) is 39.0 Å². The molecule has 0 aromatic heterocycles. The van der Waals surface area contributed by atoms with Crippen LogP contribution in [0.5, 0.6) is 0 Å². The fraction of sp³-hybridized carbons (Fsp3) is 0.667. The van der Waals surface area contributed by atoms with E-state index in [4.69, 9.17) is 0 Å². The standard InChI is InChI=1S/C12H22N2/c1-4-5-6-7-8-12-11-13(2)9-10-14(12)3/h9-11H,4-8H2,1-3H3. The van der Waals surface area contributed by atoms with Gasteiger partial charge in [-0.15, -0.1) is 0 Å². The van der Waals surface area contributed by atoms with Crippen molar-refractivity contribution in [3.8, 4) is 0 Å². The highest BCUT2D eigenvalue weighted by Crippen LogP contribution is 2.17. The number of rotatable bonds is 5. The fourth-order valence-electron chi connectivity index (χ4n) is 1.64. The average molecular weight is 194 g/mol. The maximum Gasteiger partial charge on any atom is 0.0335 e. The Labute approximate surface area is 87.9 Å². The Morgan fingerprint density at radius 2 is 1.86 bits per heavy atom. The molecule has 0 saturated carbocycles. The predicted octanol–water partition coefficient (Wildman–Crippen LogP) is 3.15. The van der Waals surface area contributed by atoms with Gasteiger partial charge in [0.05, 0.1) is 0 Å². The van der Waals surface area contributed by atoms with Crippen molar-refractivity contribution in [2.75, 3.05) is 14.1 Å². The summed E-state index contributed by atoms with van der Waals surface area (Å²) in [6.07, 6.45) is 13.0. The molecule has 14 heavy (non-hydrogen) atoms. The second kappa shape index (κ2) is 5.74. The molecule has 0 aromatic carbocycles. The minimum Gasteiger partial charge on any atom is -0.354 e. The van der Waals surface area contributed by atoms with Gasteiger partial charge in [0.25, 0.3) is 0 Å². The molecule has 0 radical (unpaired) electrons. The van der Waals surface area contributed by atoms with Crippen LogP contribution in [0.3, 0.4) is 0 Å². The third-order valence-corrected chi connectivity index (χ3v) is 2.62. The molecule has 2 heteroatoms. The van der Waals surface area contributed by atoms with Crippen LogP contribution < -0.4 is 0 Å². The Morgan fingerprint density at radius 3 is 2.57 bits per heavy atom. The van der Waals surface area contributed by atoms with Crippen LogP contribution in [0.15, 0.2) is 24.3 Å². The zero-order valence-electron chi connectivity index (χ0n) is 9.66. The molecule has 0 aromatic rings. The molecule has 0 saturated heterocycles. The summed E-state index contributed by atoms with van der Waals surface area (Å²) in [6, 6.07) is 0. The minimum atomic E-state index is 1.20. The zero-order valence-corrected chi connectivity index (χ0v) is 9.66. The van der Waals surface area contributed by atoms with Crippen molar-refractivity contribution < 1.29 is 0 Å². The molecule has 80 valence electrons. The van der Waals surface area contributed by atoms with Gasteiger partial charge in [-0.25, -0.2) is 0 Å². The van der Waals surface area contributed by atoms with Crippen molar-refractivity contribution >= 4 is 0 Å². The number of hydrogen-bond donors (Lipinski definition) is 0. The Hall–Kier alpha value is -0.920. The second-order valence-electron chi connectivity index (χ2n) is 4.01. The highest BCUT2D eigenvalue weighted by Gasteiger charge is 2.06. The molecule has 0 unspecified atom stereocenters. The first kappa shape index (κ1) is 11.2. The topological polar surface area (TPSA) is 6.48 Å². The number of unbranched alkanes of at least 4 members (excludes halogenated alkanes) is 3. The number of nitrogens with zero attached hydrogens (tertiary/aromatic N) is 2. The molecule has 0 amide bonds. The Morgan fingerprint density at radius 1 is 1.07 bits per heavy atom. The van der Waals surface area contributed by atoms with Crippen molar-refractivity contribution in [2.24, 2.45) is 0 Å². The van der Waals surface area contributed by atoms with Gasteiger partial charge < -0.3 is 9.80 Å². The van der Waals surface area contributed by atoms with E-state index in [-0.39, 0.29) is 0 Å². The van der Waals surface area contributed by atoms with Gasteiger partial charge in [-0.3, -0.25) is 0 Å². The molecule has 1 heterocycles. The summed E-state index contributed by atoms with van der Waals surface area (Å²) in [6.45, 7) is 2.25. The van der Waals surface area contributed by atoms with Gasteiger partial charge in [0.15, 0.2) is 0 Å². The van der Waals surface area contributed by atoms with E-state index in [0.717, 1.165) is 0 Å². The summed E-state index contributed by atoms with van der Waals surface area (Å²) in [5.74, 6) is 0. The average Bonchev–Trinajstić information content (AvgIpc) is 2.18. The summed E-state index contributed by atoms with van der Waals surface area (Å²) >= 11 is 0. The highest BCUT2D eigenvalue weighted by molar-refractivity contribution is 5.09. The normalized spacial score (nSPS) is 16.1. The van der Waals surface area contributed by atoms with Crippen LogP contribution in [-0.4, -0.2) is 23.9 Å². The molecule has 0 N–H and O–H groups in total.